The van der Waals surface area contributed by atoms with Crippen LogP contribution in [0.2, 0.25) is 0 Å². The molecule has 5 nitrogen and oxygen atoms in total. The van der Waals surface area contributed by atoms with Crippen molar-refractivity contribution < 1.29 is 19.7 Å². The van der Waals surface area contributed by atoms with Crippen LogP contribution in [0.1, 0.15) is 35.3 Å². The Balaban J connectivity index is 1.91. The van der Waals surface area contributed by atoms with Gasteiger partial charge in [0.25, 0.3) is 0 Å². The van der Waals surface area contributed by atoms with Gasteiger partial charge in [-0.15, -0.1) is 0 Å². The molecule has 1 aliphatic rings. The van der Waals surface area contributed by atoms with Crippen molar-refractivity contribution in [2.45, 2.75) is 39.1 Å². The van der Waals surface area contributed by atoms with Gasteiger partial charge in [0.15, 0.2) is 0 Å². The molecule has 0 saturated carbocycles. The van der Waals surface area contributed by atoms with Crippen molar-refractivity contribution >= 4 is 5.97 Å². The molecule has 0 radical (unpaired) electrons. The van der Waals surface area contributed by atoms with E-state index < -0.39 is 12.1 Å². The Morgan fingerprint density at radius 2 is 2.05 bits per heavy atom. The molecule has 0 saturated heterocycles. The summed E-state index contributed by atoms with van der Waals surface area (Å²) in [6.45, 7) is 6.15. The summed E-state index contributed by atoms with van der Waals surface area (Å²) in [5, 5.41) is 18.9. The maximum Gasteiger partial charge on any atom is 0.335 e. The second-order valence-corrected chi connectivity index (χ2v) is 5.49. The number of carbonyl (C=O) groups is 1. The Kier molecular flexibility index (Phi) is 4.75. The molecule has 1 unspecified atom stereocenters. The number of aromatic carboxylic acids is 1. The van der Waals surface area contributed by atoms with Crippen LogP contribution in [-0.2, 0) is 17.8 Å². The summed E-state index contributed by atoms with van der Waals surface area (Å²) in [6, 6.07) is 5.20. The van der Waals surface area contributed by atoms with Gasteiger partial charge in [-0.05, 0) is 37.1 Å². The maximum atomic E-state index is 10.9. The maximum absolute atomic E-state index is 10.9. The number of ether oxygens (including phenoxy) is 1. The van der Waals surface area contributed by atoms with Crippen LogP contribution in [0.25, 0.3) is 0 Å². The number of aliphatic hydroxyl groups is 1. The summed E-state index contributed by atoms with van der Waals surface area (Å²) in [7, 11) is 0. The number of hydrogen-bond donors (Lipinski definition) is 2. The first-order chi connectivity index (χ1) is 9.45. The molecule has 2 N–H and O–H groups in total. The highest BCUT2D eigenvalue weighted by Crippen LogP contribution is 2.24. The molecule has 0 aliphatic carbocycles. The SMILES string of the molecule is CC(C)OCC(O)CN1Cc2ccc(C(=O)O)cc2C1. The van der Waals surface area contributed by atoms with Crippen LogP contribution in [0.15, 0.2) is 18.2 Å². The third-order valence-electron chi connectivity index (χ3n) is 3.33. The molecule has 1 heterocycles. The fourth-order valence-electron chi connectivity index (χ4n) is 2.38. The molecule has 1 aromatic carbocycles. The van der Waals surface area contributed by atoms with Crippen LogP contribution >= 0.6 is 0 Å². The summed E-state index contributed by atoms with van der Waals surface area (Å²) in [5.74, 6) is -0.906. The minimum atomic E-state index is -0.906. The zero-order valence-electron chi connectivity index (χ0n) is 11.9. The van der Waals surface area contributed by atoms with Crippen LogP contribution in [0.3, 0.4) is 0 Å². The zero-order chi connectivity index (χ0) is 14.7. The molecular weight excluding hydrogens is 258 g/mol. The van der Waals surface area contributed by atoms with E-state index in [1.807, 2.05) is 19.9 Å². The van der Waals surface area contributed by atoms with E-state index >= 15 is 0 Å². The highest BCUT2D eigenvalue weighted by atomic mass is 16.5. The second-order valence-electron chi connectivity index (χ2n) is 5.49. The number of nitrogens with zero attached hydrogens (tertiary/aromatic N) is 1. The normalized spacial score (nSPS) is 16.4. The molecule has 5 heteroatoms. The van der Waals surface area contributed by atoms with Gasteiger partial charge in [0.2, 0.25) is 0 Å². The van der Waals surface area contributed by atoms with Gasteiger partial charge in [-0.1, -0.05) is 6.07 Å². The van der Waals surface area contributed by atoms with E-state index in [4.69, 9.17) is 9.84 Å². The van der Waals surface area contributed by atoms with Gasteiger partial charge >= 0.3 is 5.97 Å². The van der Waals surface area contributed by atoms with Gasteiger partial charge in [-0.3, -0.25) is 4.90 Å². The Morgan fingerprint density at radius 1 is 1.35 bits per heavy atom. The molecule has 0 fully saturated rings. The first kappa shape index (κ1) is 15.0. The highest BCUT2D eigenvalue weighted by Gasteiger charge is 2.22. The van der Waals surface area contributed by atoms with Gasteiger partial charge in [-0.2, -0.15) is 0 Å². The molecule has 1 atom stereocenters. The molecular formula is C15H21NO4. The van der Waals surface area contributed by atoms with Gasteiger partial charge in [0, 0.05) is 19.6 Å². The van der Waals surface area contributed by atoms with Gasteiger partial charge < -0.3 is 14.9 Å². The first-order valence-corrected chi connectivity index (χ1v) is 6.83. The van der Waals surface area contributed by atoms with E-state index in [0.29, 0.717) is 25.3 Å². The average molecular weight is 279 g/mol. The summed E-state index contributed by atoms with van der Waals surface area (Å²) in [4.78, 5) is 13.0. The van der Waals surface area contributed by atoms with E-state index in [-0.39, 0.29) is 6.10 Å². The fraction of sp³-hybridized carbons (Fsp3) is 0.533. The van der Waals surface area contributed by atoms with Crippen molar-refractivity contribution in [3.63, 3.8) is 0 Å². The van der Waals surface area contributed by atoms with E-state index in [9.17, 15) is 9.90 Å². The predicted octanol–water partition coefficient (Wildman–Crippen LogP) is 1.49. The minimum Gasteiger partial charge on any atom is -0.478 e. The Labute approximate surface area is 118 Å². The number of hydrogen-bond acceptors (Lipinski definition) is 4. The largest absolute Gasteiger partial charge is 0.478 e. The standard InChI is InChI=1S/C15H21NO4/c1-10(2)20-9-14(17)8-16-6-12-4-3-11(15(18)19)5-13(12)7-16/h3-5,10,14,17H,6-9H2,1-2H3,(H,18,19). The van der Waals surface area contributed by atoms with E-state index in [1.165, 1.54) is 0 Å². The van der Waals surface area contributed by atoms with Crippen LogP contribution in [0.4, 0.5) is 0 Å². The topological polar surface area (TPSA) is 70.0 Å². The molecule has 2 rings (SSSR count). The number of aliphatic hydroxyl groups excluding tert-OH is 1. The van der Waals surface area contributed by atoms with Crippen LogP contribution in [0.5, 0.6) is 0 Å². The lowest BCUT2D eigenvalue weighted by Crippen LogP contribution is -2.32. The van der Waals surface area contributed by atoms with Crippen molar-refractivity contribution in [3.8, 4) is 0 Å². The summed E-state index contributed by atoms with van der Waals surface area (Å²) in [6.07, 6.45) is -0.413. The van der Waals surface area contributed by atoms with Crippen molar-refractivity contribution in [2.75, 3.05) is 13.2 Å². The summed E-state index contributed by atoms with van der Waals surface area (Å²) >= 11 is 0. The van der Waals surface area contributed by atoms with Crippen molar-refractivity contribution in [1.29, 1.82) is 0 Å². The molecule has 0 amide bonds. The van der Waals surface area contributed by atoms with Gasteiger partial charge in [-0.25, -0.2) is 4.79 Å². The lowest BCUT2D eigenvalue weighted by Gasteiger charge is -2.20. The molecule has 1 aliphatic heterocycles. The van der Waals surface area contributed by atoms with Gasteiger partial charge in [0.05, 0.1) is 24.4 Å². The molecule has 20 heavy (non-hydrogen) atoms. The monoisotopic (exact) mass is 279 g/mol. The molecule has 0 spiro atoms. The lowest BCUT2D eigenvalue weighted by atomic mass is 10.1. The molecule has 1 aromatic rings. The first-order valence-electron chi connectivity index (χ1n) is 6.83. The zero-order valence-corrected chi connectivity index (χ0v) is 11.9. The van der Waals surface area contributed by atoms with E-state index in [2.05, 4.69) is 4.90 Å². The van der Waals surface area contributed by atoms with Crippen LogP contribution in [0, 0.1) is 0 Å². The number of benzene rings is 1. The third kappa shape index (κ3) is 3.79. The smallest absolute Gasteiger partial charge is 0.335 e. The Bertz CT molecular complexity index is 487. The van der Waals surface area contributed by atoms with E-state index in [0.717, 1.165) is 17.7 Å². The lowest BCUT2D eigenvalue weighted by molar-refractivity contribution is -0.00904. The quantitative estimate of drug-likeness (QED) is 0.825. The Hall–Kier alpha value is -1.43. The summed E-state index contributed by atoms with van der Waals surface area (Å²) < 4.78 is 5.39. The second kappa shape index (κ2) is 6.35. The summed E-state index contributed by atoms with van der Waals surface area (Å²) in [5.41, 5.74) is 2.48. The van der Waals surface area contributed by atoms with Crippen molar-refractivity contribution in [2.24, 2.45) is 0 Å². The van der Waals surface area contributed by atoms with Crippen molar-refractivity contribution in [1.82, 2.24) is 4.90 Å². The number of rotatable bonds is 6. The molecule has 0 aromatic heterocycles. The minimum absolute atomic E-state index is 0.110. The molecule has 110 valence electrons. The predicted molar refractivity (Wildman–Crippen MR) is 74.6 cm³/mol. The fourth-order valence-corrected chi connectivity index (χ4v) is 2.38. The van der Waals surface area contributed by atoms with Crippen LogP contribution < -0.4 is 0 Å². The number of carboxylic acid groups (broad SMARTS) is 1. The van der Waals surface area contributed by atoms with Crippen LogP contribution in [-0.4, -0.2) is 46.4 Å². The molecule has 0 bridgehead atoms. The number of β-amino-alcohol motifs (C(OH)–C–C–N with tert-alkyl or cyclic N) is 1. The number of carboxylic acids is 1. The highest BCUT2D eigenvalue weighted by molar-refractivity contribution is 5.87. The third-order valence-corrected chi connectivity index (χ3v) is 3.33. The average Bonchev–Trinajstić information content (AvgIpc) is 2.77. The van der Waals surface area contributed by atoms with Gasteiger partial charge in [0.1, 0.15) is 0 Å². The Morgan fingerprint density at radius 3 is 2.70 bits per heavy atom. The number of fused-ring (bicyclic) bond motifs is 1. The van der Waals surface area contributed by atoms with Crippen molar-refractivity contribution in [3.05, 3.63) is 34.9 Å². The van der Waals surface area contributed by atoms with E-state index in [1.54, 1.807) is 12.1 Å².